The molecule has 3 aromatic rings. The summed E-state index contributed by atoms with van der Waals surface area (Å²) in [4.78, 5) is 16.2. The van der Waals surface area contributed by atoms with Gasteiger partial charge in [-0.25, -0.2) is 4.98 Å². The lowest BCUT2D eigenvalue weighted by atomic mass is 10.2. The molecule has 0 aliphatic heterocycles. The zero-order valence-corrected chi connectivity index (χ0v) is 14.3. The van der Waals surface area contributed by atoms with Crippen LogP contribution >= 0.6 is 0 Å². The number of hydrogen-bond acceptors (Lipinski definition) is 6. The van der Waals surface area contributed by atoms with Crippen molar-refractivity contribution in [1.29, 1.82) is 5.26 Å². The van der Waals surface area contributed by atoms with Crippen molar-refractivity contribution in [3.8, 4) is 29.1 Å². The van der Waals surface area contributed by atoms with Gasteiger partial charge in [0.15, 0.2) is 17.2 Å². The molecule has 0 atom stereocenters. The summed E-state index contributed by atoms with van der Waals surface area (Å²) >= 11 is 0. The molecule has 0 fully saturated rings. The minimum Gasteiger partial charge on any atom is -0.503 e. The van der Waals surface area contributed by atoms with Crippen molar-refractivity contribution in [2.45, 2.75) is 0 Å². The molecule has 0 saturated carbocycles. The summed E-state index contributed by atoms with van der Waals surface area (Å²) in [7, 11) is 1.39. The summed E-state index contributed by atoms with van der Waals surface area (Å²) in [6.45, 7) is 0. The van der Waals surface area contributed by atoms with E-state index in [1.807, 2.05) is 6.07 Å². The smallest absolute Gasteiger partial charge is 0.278 e. The molecule has 1 heterocycles. The molecule has 2 aromatic carbocycles. The first-order valence-corrected chi connectivity index (χ1v) is 7.92. The van der Waals surface area contributed by atoms with Gasteiger partial charge in [0.2, 0.25) is 0 Å². The summed E-state index contributed by atoms with van der Waals surface area (Å²) < 4.78 is 10.7. The van der Waals surface area contributed by atoms with Gasteiger partial charge in [-0.2, -0.15) is 5.26 Å². The van der Waals surface area contributed by atoms with Crippen LogP contribution in [0.25, 0.3) is 0 Å². The summed E-state index contributed by atoms with van der Waals surface area (Å²) in [5.41, 5.74) is 0.868. The van der Waals surface area contributed by atoms with E-state index >= 15 is 0 Å². The number of methoxy groups -OCH3 is 1. The average Bonchev–Trinajstić information content (AvgIpc) is 2.69. The first-order chi connectivity index (χ1) is 13.1. The Balaban J connectivity index is 1.70. The number of hydrogen-bond donors (Lipinski definition) is 2. The predicted molar refractivity (Wildman–Crippen MR) is 98.1 cm³/mol. The van der Waals surface area contributed by atoms with Crippen molar-refractivity contribution in [3.63, 3.8) is 0 Å². The van der Waals surface area contributed by atoms with E-state index in [9.17, 15) is 9.90 Å². The van der Waals surface area contributed by atoms with E-state index in [0.717, 1.165) is 0 Å². The lowest BCUT2D eigenvalue weighted by Gasteiger charge is -2.10. The van der Waals surface area contributed by atoms with E-state index in [1.54, 1.807) is 48.5 Å². The second-order valence-corrected chi connectivity index (χ2v) is 5.43. The van der Waals surface area contributed by atoms with Gasteiger partial charge in [-0.3, -0.25) is 4.79 Å². The van der Waals surface area contributed by atoms with Crippen LogP contribution in [0, 0.1) is 11.3 Å². The summed E-state index contributed by atoms with van der Waals surface area (Å²) in [5, 5.41) is 21.6. The van der Waals surface area contributed by atoms with Crippen LogP contribution in [0.3, 0.4) is 0 Å². The van der Waals surface area contributed by atoms with Crippen LogP contribution in [0.1, 0.15) is 16.1 Å². The predicted octanol–water partition coefficient (Wildman–Crippen LogP) is 3.71. The molecule has 7 nitrogen and oxygen atoms in total. The van der Waals surface area contributed by atoms with Gasteiger partial charge < -0.3 is 19.9 Å². The SMILES string of the molecule is COc1ccnc(C(=O)Nc2ccc(Oc3cccc(C#N)c3)cc2)c1O. The number of nitrogens with one attached hydrogen (secondary N) is 1. The largest absolute Gasteiger partial charge is 0.503 e. The first kappa shape index (κ1) is 17.8. The molecule has 2 N–H and O–H groups in total. The van der Waals surface area contributed by atoms with Crippen LogP contribution < -0.4 is 14.8 Å². The maximum Gasteiger partial charge on any atom is 0.278 e. The van der Waals surface area contributed by atoms with Gasteiger partial charge in [0, 0.05) is 18.0 Å². The quantitative estimate of drug-likeness (QED) is 0.718. The maximum atomic E-state index is 12.3. The maximum absolute atomic E-state index is 12.3. The third-order valence-corrected chi connectivity index (χ3v) is 3.63. The van der Waals surface area contributed by atoms with Crippen molar-refractivity contribution < 1.29 is 19.4 Å². The third kappa shape index (κ3) is 4.14. The highest BCUT2D eigenvalue weighted by atomic mass is 16.5. The van der Waals surface area contributed by atoms with E-state index < -0.39 is 5.91 Å². The van der Waals surface area contributed by atoms with Crippen LogP contribution in [0.2, 0.25) is 0 Å². The number of carbonyl (C=O) groups excluding carboxylic acids is 1. The second-order valence-electron chi connectivity index (χ2n) is 5.43. The number of nitriles is 1. The van der Waals surface area contributed by atoms with Crippen LogP contribution in [-0.2, 0) is 0 Å². The van der Waals surface area contributed by atoms with E-state index in [1.165, 1.54) is 19.4 Å². The van der Waals surface area contributed by atoms with Gasteiger partial charge in [0.25, 0.3) is 5.91 Å². The van der Waals surface area contributed by atoms with Crippen molar-refractivity contribution in [2.24, 2.45) is 0 Å². The Bertz CT molecular complexity index is 1010. The van der Waals surface area contributed by atoms with Gasteiger partial charge in [-0.1, -0.05) is 6.07 Å². The number of nitrogens with zero attached hydrogens (tertiary/aromatic N) is 2. The minimum atomic E-state index is -0.568. The zero-order chi connectivity index (χ0) is 19.2. The standard InChI is InChI=1S/C20H15N3O4/c1-26-17-9-10-22-18(19(17)24)20(25)23-14-5-7-15(8-6-14)27-16-4-2-3-13(11-16)12-21/h2-11,24H,1H3,(H,23,25). The molecule has 1 aromatic heterocycles. The van der Waals surface area contributed by atoms with E-state index in [0.29, 0.717) is 22.7 Å². The summed E-state index contributed by atoms with van der Waals surface area (Å²) in [6, 6.07) is 17.0. The second kappa shape index (κ2) is 7.89. The molecule has 134 valence electrons. The Morgan fingerprint density at radius 3 is 2.63 bits per heavy atom. The van der Waals surface area contributed by atoms with Gasteiger partial charge in [-0.05, 0) is 42.5 Å². The van der Waals surface area contributed by atoms with Crippen LogP contribution in [-0.4, -0.2) is 23.1 Å². The third-order valence-electron chi connectivity index (χ3n) is 3.63. The van der Waals surface area contributed by atoms with Gasteiger partial charge in [0.1, 0.15) is 11.5 Å². The molecule has 0 unspecified atom stereocenters. The highest BCUT2D eigenvalue weighted by Crippen LogP contribution is 2.28. The Morgan fingerprint density at radius 2 is 1.93 bits per heavy atom. The molecular formula is C20H15N3O4. The van der Waals surface area contributed by atoms with Crippen LogP contribution in [0.4, 0.5) is 5.69 Å². The summed E-state index contributed by atoms with van der Waals surface area (Å²) in [6.07, 6.45) is 1.37. The molecule has 0 spiro atoms. The number of aromatic hydroxyl groups is 1. The summed E-state index contributed by atoms with van der Waals surface area (Å²) in [5.74, 6) is 0.358. The monoisotopic (exact) mass is 361 g/mol. The lowest BCUT2D eigenvalue weighted by Crippen LogP contribution is -2.14. The molecule has 3 rings (SSSR count). The number of aromatic nitrogens is 1. The highest BCUT2D eigenvalue weighted by Gasteiger charge is 2.16. The number of amides is 1. The topological polar surface area (TPSA) is 104 Å². The normalized spacial score (nSPS) is 9.93. The number of anilines is 1. The molecule has 7 heteroatoms. The Morgan fingerprint density at radius 1 is 1.15 bits per heavy atom. The molecule has 0 saturated heterocycles. The lowest BCUT2D eigenvalue weighted by molar-refractivity contribution is 0.101. The molecule has 1 amide bonds. The molecule has 0 bridgehead atoms. The fourth-order valence-corrected chi connectivity index (χ4v) is 2.33. The molecule has 0 aliphatic rings. The Labute approximate surface area is 155 Å². The van der Waals surface area contributed by atoms with Gasteiger partial charge in [-0.15, -0.1) is 0 Å². The fourth-order valence-electron chi connectivity index (χ4n) is 2.33. The number of carbonyl (C=O) groups is 1. The number of pyridine rings is 1. The average molecular weight is 361 g/mol. The van der Waals surface area contributed by atoms with Crippen molar-refractivity contribution >= 4 is 11.6 Å². The molecule has 27 heavy (non-hydrogen) atoms. The van der Waals surface area contributed by atoms with E-state index in [4.69, 9.17) is 14.7 Å². The van der Waals surface area contributed by atoms with E-state index in [-0.39, 0.29) is 17.2 Å². The zero-order valence-electron chi connectivity index (χ0n) is 14.3. The first-order valence-electron chi connectivity index (χ1n) is 7.92. The van der Waals surface area contributed by atoms with Crippen molar-refractivity contribution in [2.75, 3.05) is 12.4 Å². The van der Waals surface area contributed by atoms with Crippen molar-refractivity contribution in [1.82, 2.24) is 4.98 Å². The Hall–Kier alpha value is -4.05. The minimum absolute atomic E-state index is 0.136. The molecule has 0 aliphatic carbocycles. The highest BCUT2D eigenvalue weighted by molar-refractivity contribution is 6.05. The molecular weight excluding hydrogens is 346 g/mol. The number of ether oxygens (including phenoxy) is 2. The molecule has 0 radical (unpaired) electrons. The van der Waals surface area contributed by atoms with Gasteiger partial charge in [0.05, 0.1) is 18.7 Å². The fraction of sp³-hybridized carbons (Fsp3) is 0.0500. The number of rotatable bonds is 5. The number of benzene rings is 2. The van der Waals surface area contributed by atoms with E-state index in [2.05, 4.69) is 10.3 Å². The Kier molecular flexibility index (Phi) is 5.19. The van der Waals surface area contributed by atoms with Crippen LogP contribution in [0.5, 0.6) is 23.0 Å². The van der Waals surface area contributed by atoms with Gasteiger partial charge >= 0.3 is 0 Å². The van der Waals surface area contributed by atoms with Crippen LogP contribution in [0.15, 0.2) is 60.8 Å². The van der Waals surface area contributed by atoms with Crippen molar-refractivity contribution in [3.05, 3.63) is 72.1 Å².